The second-order valence-electron chi connectivity index (χ2n) is 2.91. The van der Waals surface area contributed by atoms with E-state index in [1.54, 1.807) is 14.2 Å². The zero-order valence-corrected chi connectivity index (χ0v) is 9.81. The average Bonchev–Trinajstić information content (AvgIpc) is 2.27. The lowest BCUT2D eigenvalue weighted by molar-refractivity contribution is 0.353. The molecule has 0 aliphatic heterocycles. The van der Waals surface area contributed by atoms with Crippen molar-refractivity contribution in [2.75, 3.05) is 20.0 Å². The van der Waals surface area contributed by atoms with Crippen LogP contribution in [0, 0.1) is 6.92 Å². The second-order valence-corrected chi connectivity index (χ2v) is 3.92. The monoisotopic (exact) mass is 225 g/mol. The first-order chi connectivity index (χ1) is 7.22. The number of rotatable bonds is 5. The van der Waals surface area contributed by atoms with Crippen LogP contribution in [0.5, 0.6) is 11.5 Å². The molecule has 0 N–H and O–H groups in total. The molecule has 4 heteroatoms. The fourth-order valence-electron chi connectivity index (χ4n) is 1.22. The van der Waals surface area contributed by atoms with Crippen LogP contribution in [-0.2, 0) is 4.79 Å². The molecule has 0 aliphatic rings. The van der Waals surface area contributed by atoms with Gasteiger partial charge < -0.3 is 9.47 Å². The Morgan fingerprint density at radius 3 is 2.40 bits per heavy atom. The molecule has 0 spiro atoms. The zero-order chi connectivity index (χ0) is 11.3. The number of hydrogen-bond donors (Lipinski definition) is 0. The highest BCUT2D eigenvalue weighted by atomic mass is 32.2. The minimum atomic E-state index is 0.330. The van der Waals surface area contributed by atoms with Crippen LogP contribution in [0.4, 0.5) is 0 Å². The Kier molecular flexibility index (Phi) is 4.49. The van der Waals surface area contributed by atoms with Gasteiger partial charge in [0.15, 0.2) is 11.5 Å². The summed E-state index contributed by atoms with van der Waals surface area (Å²) in [5, 5.41) is 0. The Labute approximate surface area is 93.8 Å². The van der Waals surface area contributed by atoms with Crippen LogP contribution in [-0.4, -0.2) is 26.3 Å². The summed E-state index contributed by atoms with van der Waals surface area (Å²) in [4.78, 5) is 11.2. The number of thioether (sulfide) groups is 1. The summed E-state index contributed by atoms with van der Waals surface area (Å²) in [5.74, 6) is 1.71. The van der Waals surface area contributed by atoms with E-state index in [2.05, 4.69) is 0 Å². The predicted octanol–water partition coefficient (Wildman–Crippen LogP) is 2.21. The maximum atomic E-state index is 10.2. The maximum absolute atomic E-state index is 10.2. The number of benzene rings is 1. The van der Waals surface area contributed by atoms with Crippen LogP contribution < -0.4 is 9.47 Å². The molecule has 0 bridgehead atoms. The number of ether oxygens (including phenoxy) is 2. The second kappa shape index (κ2) is 5.66. The van der Waals surface area contributed by atoms with Crippen LogP contribution in [0.15, 0.2) is 17.0 Å². The lowest BCUT2D eigenvalue weighted by Crippen LogP contribution is -1.93. The van der Waals surface area contributed by atoms with Crippen LogP contribution in [0.3, 0.4) is 0 Å². The third-order valence-electron chi connectivity index (χ3n) is 1.97. The van der Waals surface area contributed by atoms with E-state index in [4.69, 9.17) is 9.47 Å². The first-order valence-electron chi connectivity index (χ1n) is 4.43. The summed E-state index contributed by atoms with van der Waals surface area (Å²) in [5.41, 5.74) is 1.06. The van der Waals surface area contributed by atoms with Crippen LogP contribution in [0.1, 0.15) is 5.56 Å². The van der Waals surface area contributed by atoms with Crippen molar-refractivity contribution in [3.05, 3.63) is 17.7 Å². The Bertz CT molecular complexity index is 350. The Hall–Kier alpha value is -1.16. The number of methoxy groups -OCH3 is 2. The largest absolute Gasteiger partial charge is 0.493 e. The first-order valence-corrected chi connectivity index (χ1v) is 5.42. The van der Waals surface area contributed by atoms with Crippen molar-refractivity contribution in [2.45, 2.75) is 11.8 Å². The Morgan fingerprint density at radius 1 is 1.27 bits per heavy atom. The van der Waals surface area contributed by atoms with Crippen LogP contribution >= 0.6 is 11.8 Å². The van der Waals surface area contributed by atoms with Crippen molar-refractivity contribution < 1.29 is 14.3 Å². The highest BCUT2D eigenvalue weighted by Gasteiger charge is 2.08. The molecular formula is C11H13O3S. The quantitative estimate of drug-likeness (QED) is 0.720. The molecule has 0 atom stereocenters. The van der Waals surface area contributed by atoms with Gasteiger partial charge in [0.2, 0.25) is 6.29 Å². The molecule has 15 heavy (non-hydrogen) atoms. The standard InChI is InChI=1S/C11H13O3S/c1-8-6-9(13-2)10(14-3)7-11(8)15-5-4-12/h6-7H,5H2,1-3H3. The fraction of sp³-hybridized carbons (Fsp3) is 0.364. The normalized spacial score (nSPS) is 9.80. The van der Waals surface area contributed by atoms with Crippen molar-refractivity contribution >= 4 is 18.0 Å². The van der Waals surface area contributed by atoms with Crippen molar-refractivity contribution in [2.24, 2.45) is 0 Å². The molecule has 0 heterocycles. The highest BCUT2D eigenvalue weighted by molar-refractivity contribution is 8.00. The molecule has 1 aromatic rings. The molecule has 0 aromatic heterocycles. The van der Waals surface area contributed by atoms with Gasteiger partial charge in [-0.2, -0.15) is 0 Å². The third-order valence-corrected chi connectivity index (χ3v) is 2.98. The molecule has 0 unspecified atom stereocenters. The van der Waals surface area contributed by atoms with E-state index in [0.29, 0.717) is 17.3 Å². The molecule has 1 radical (unpaired) electrons. The molecule has 1 aromatic carbocycles. The van der Waals surface area contributed by atoms with E-state index >= 15 is 0 Å². The summed E-state index contributed by atoms with van der Waals surface area (Å²) >= 11 is 1.44. The molecule has 0 fully saturated rings. The Morgan fingerprint density at radius 2 is 1.87 bits per heavy atom. The molecule has 1 rings (SSSR count). The van der Waals surface area contributed by atoms with Gasteiger partial charge in [-0.15, -0.1) is 11.8 Å². The molecular weight excluding hydrogens is 212 g/mol. The van der Waals surface area contributed by atoms with E-state index < -0.39 is 0 Å². The smallest absolute Gasteiger partial charge is 0.209 e. The van der Waals surface area contributed by atoms with Crippen molar-refractivity contribution in [3.8, 4) is 11.5 Å². The number of aryl methyl sites for hydroxylation is 1. The number of hydrogen-bond acceptors (Lipinski definition) is 4. The first kappa shape index (κ1) is 11.9. The topological polar surface area (TPSA) is 35.5 Å². The Balaban J connectivity index is 3.02. The van der Waals surface area contributed by atoms with Gasteiger partial charge in [-0.3, -0.25) is 4.79 Å². The van der Waals surface area contributed by atoms with Crippen molar-refractivity contribution in [1.29, 1.82) is 0 Å². The van der Waals surface area contributed by atoms with Gasteiger partial charge in [0.25, 0.3) is 0 Å². The van der Waals surface area contributed by atoms with Crippen LogP contribution in [0.25, 0.3) is 0 Å². The molecule has 0 saturated carbocycles. The van der Waals surface area contributed by atoms with Gasteiger partial charge in [0.05, 0.1) is 20.0 Å². The molecule has 0 saturated heterocycles. The lowest BCUT2D eigenvalue weighted by atomic mass is 10.2. The van der Waals surface area contributed by atoms with E-state index in [1.165, 1.54) is 11.8 Å². The minimum Gasteiger partial charge on any atom is -0.493 e. The summed E-state index contributed by atoms with van der Waals surface area (Å²) in [6.07, 6.45) is 1.85. The molecule has 3 nitrogen and oxygen atoms in total. The summed E-state index contributed by atoms with van der Waals surface area (Å²) < 4.78 is 10.3. The van der Waals surface area contributed by atoms with Crippen molar-refractivity contribution in [1.82, 2.24) is 0 Å². The summed E-state index contributed by atoms with van der Waals surface area (Å²) in [6.45, 7) is 1.97. The van der Waals surface area contributed by atoms with E-state index in [9.17, 15) is 4.79 Å². The van der Waals surface area contributed by atoms with Gasteiger partial charge in [0.1, 0.15) is 0 Å². The van der Waals surface area contributed by atoms with Gasteiger partial charge in [0, 0.05) is 4.90 Å². The van der Waals surface area contributed by atoms with Gasteiger partial charge in [-0.05, 0) is 24.6 Å². The van der Waals surface area contributed by atoms with Gasteiger partial charge in [-0.1, -0.05) is 0 Å². The van der Waals surface area contributed by atoms with Crippen molar-refractivity contribution in [3.63, 3.8) is 0 Å². The van der Waals surface area contributed by atoms with E-state index in [-0.39, 0.29) is 0 Å². The molecule has 81 valence electrons. The zero-order valence-electron chi connectivity index (χ0n) is 8.99. The molecule has 0 amide bonds. The summed E-state index contributed by atoms with van der Waals surface area (Å²) in [7, 11) is 3.19. The third kappa shape index (κ3) is 2.89. The number of carbonyl (C=O) groups excluding carboxylic acids is 1. The highest BCUT2D eigenvalue weighted by Crippen LogP contribution is 2.34. The summed E-state index contributed by atoms with van der Waals surface area (Å²) in [6, 6.07) is 3.77. The van der Waals surface area contributed by atoms with E-state index in [0.717, 1.165) is 10.5 Å². The SMILES string of the molecule is COc1cc(C)c(SC[C]=O)cc1OC. The minimum absolute atomic E-state index is 0.330. The average molecular weight is 225 g/mol. The van der Waals surface area contributed by atoms with Gasteiger partial charge >= 0.3 is 0 Å². The van der Waals surface area contributed by atoms with Gasteiger partial charge in [-0.25, -0.2) is 0 Å². The predicted molar refractivity (Wildman–Crippen MR) is 60.7 cm³/mol. The fourth-order valence-corrected chi connectivity index (χ4v) is 1.92. The molecule has 0 aliphatic carbocycles. The lowest BCUT2D eigenvalue weighted by Gasteiger charge is -2.11. The maximum Gasteiger partial charge on any atom is 0.209 e. The van der Waals surface area contributed by atoms with Crippen LogP contribution in [0.2, 0.25) is 0 Å². The van der Waals surface area contributed by atoms with E-state index in [1.807, 2.05) is 25.3 Å².